The van der Waals surface area contributed by atoms with Gasteiger partial charge in [-0.25, -0.2) is 0 Å². The molecule has 3 aliphatic rings. The van der Waals surface area contributed by atoms with Crippen LogP contribution in [0.3, 0.4) is 0 Å². The smallest absolute Gasteiger partial charge is 0.115 e. The van der Waals surface area contributed by atoms with Crippen LogP contribution in [0.4, 0.5) is 0 Å². The molecule has 156 valence electrons. The molecule has 2 heterocycles. The molecule has 0 radical (unpaired) electrons. The molecule has 2 fully saturated rings. The fraction of sp³-hybridized carbons (Fsp3) is 0.462. The number of phenols is 1. The Morgan fingerprint density at radius 2 is 1.93 bits per heavy atom. The first-order chi connectivity index (χ1) is 14.6. The number of aromatic nitrogens is 1. The standard InChI is InChI=1S/C26H30N2O2/c29-21-5-1-3-16(10-21)9-18-4-2-6-23-26(18)22-11-19-14-28(15-20-13-25(20)30)8-7-17(19)12-24(22)27-23/h1-6,10,17,19-20,25,27,29-30H,7-9,11-15H2. The van der Waals surface area contributed by atoms with E-state index in [0.717, 1.165) is 43.2 Å². The zero-order chi connectivity index (χ0) is 20.2. The first kappa shape index (κ1) is 18.5. The number of benzene rings is 2. The molecule has 3 N–H and O–H groups in total. The number of piperidine rings is 1. The van der Waals surface area contributed by atoms with Gasteiger partial charge in [-0.2, -0.15) is 0 Å². The minimum atomic E-state index is -0.0470. The number of aromatic amines is 1. The van der Waals surface area contributed by atoms with Crippen molar-refractivity contribution in [1.29, 1.82) is 0 Å². The maximum absolute atomic E-state index is 9.87. The molecule has 3 aromatic rings. The number of aromatic hydroxyl groups is 1. The van der Waals surface area contributed by atoms with E-state index >= 15 is 0 Å². The summed E-state index contributed by atoms with van der Waals surface area (Å²) in [5.41, 5.74) is 6.73. The summed E-state index contributed by atoms with van der Waals surface area (Å²) in [6, 6.07) is 14.2. The fourth-order valence-electron chi connectivity index (χ4n) is 5.99. The number of likely N-dealkylation sites (tertiary alicyclic amines) is 1. The molecule has 6 rings (SSSR count). The monoisotopic (exact) mass is 402 g/mol. The van der Waals surface area contributed by atoms with Gasteiger partial charge < -0.3 is 20.1 Å². The molecule has 4 nitrogen and oxygen atoms in total. The van der Waals surface area contributed by atoms with Crippen LogP contribution < -0.4 is 0 Å². The number of aliphatic hydroxyl groups is 1. The summed E-state index contributed by atoms with van der Waals surface area (Å²) in [6.45, 7) is 3.44. The summed E-state index contributed by atoms with van der Waals surface area (Å²) in [4.78, 5) is 6.36. The molecule has 0 bridgehead atoms. The van der Waals surface area contributed by atoms with Gasteiger partial charge >= 0.3 is 0 Å². The molecule has 2 aromatic carbocycles. The van der Waals surface area contributed by atoms with Gasteiger partial charge in [-0.05, 0) is 91.3 Å². The predicted octanol–water partition coefficient (Wildman–Crippen LogP) is 3.88. The maximum atomic E-state index is 9.87. The molecule has 1 saturated heterocycles. The van der Waals surface area contributed by atoms with Gasteiger partial charge in [0, 0.05) is 29.7 Å². The van der Waals surface area contributed by atoms with E-state index in [4.69, 9.17) is 0 Å². The van der Waals surface area contributed by atoms with Crippen LogP contribution in [-0.2, 0) is 19.3 Å². The summed E-state index contributed by atoms with van der Waals surface area (Å²) in [6.07, 6.45) is 5.39. The minimum Gasteiger partial charge on any atom is -0.508 e. The summed E-state index contributed by atoms with van der Waals surface area (Å²) in [7, 11) is 0. The molecule has 4 atom stereocenters. The van der Waals surface area contributed by atoms with Gasteiger partial charge in [0.25, 0.3) is 0 Å². The highest BCUT2D eigenvalue weighted by Crippen LogP contribution is 2.41. The second kappa shape index (κ2) is 7.14. The zero-order valence-corrected chi connectivity index (χ0v) is 17.3. The first-order valence-corrected chi connectivity index (χ1v) is 11.4. The predicted molar refractivity (Wildman–Crippen MR) is 119 cm³/mol. The second-order valence-corrected chi connectivity index (χ2v) is 9.81. The fourth-order valence-corrected chi connectivity index (χ4v) is 5.99. The van der Waals surface area contributed by atoms with Crippen LogP contribution in [0, 0.1) is 17.8 Å². The lowest BCUT2D eigenvalue weighted by Crippen LogP contribution is -2.44. The van der Waals surface area contributed by atoms with Crippen molar-refractivity contribution >= 4 is 10.9 Å². The van der Waals surface area contributed by atoms with Crippen molar-refractivity contribution in [3.05, 3.63) is 64.8 Å². The largest absolute Gasteiger partial charge is 0.508 e. The lowest BCUT2D eigenvalue weighted by atomic mass is 9.73. The van der Waals surface area contributed by atoms with Crippen molar-refractivity contribution in [3.63, 3.8) is 0 Å². The van der Waals surface area contributed by atoms with E-state index in [-0.39, 0.29) is 6.10 Å². The molecule has 2 aliphatic carbocycles. The molecule has 1 aromatic heterocycles. The molecule has 1 saturated carbocycles. The van der Waals surface area contributed by atoms with E-state index in [9.17, 15) is 10.2 Å². The molecule has 30 heavy (non-hydrogen) atoms. The summed E-state index contributed by atoms with van der Waals surface area (Å²) in [5.74, 6) is 2.35. The van der Waals surface area contributed by atoms with Crippen LogP contribution in [0.2, 0.25) is 0 Å². The van der Waals surface area contributed by atoms with E-state index < -0.39 is 0 Å². The Bertz CT molecular complexity index is 1090. The molecule has 0 spiro atoms. The van der Waals surface area contributed by atoms with Crippen molar-refractivity contribution in [2.24, 2.45) is 17.8 Å². The Balaban J connectivity index is 1.29. The summed E-state index contributed by atoms with van der Waals surface area (Å²) in [5, 5.41) is 21.0. The number of phenolic OH excluding ortho intramolecular Hbond substituents is 1. The highest BCUT2D eigenvalue weighted by molar-refractivity contribution is 5.88. The third kappa shape index (κ3) is 3.32. The van der Waals surface area contributed by atoms with Crippen molar-refractivity contribution < 1.29 is 10.2 Å². The normalized spacial score (nSPS) is 28.3. The number of hydrogen-bond donors (Lipinski definition) is 3. The van der Waals surface area contributed by atoms with Gasteiger partial charge in [0.05, 0.1) is 6.10 Å². The Morgan fingerprint density at radius 1 is 1.07 bits per heavy atom. The molecule has 4 heteroatoms. The summed E-state index contributed by atoms with van der Waals surface area (Å²) >= 11 is 0. The highest BCUT2D eigenvalue weighted by atomic mass is 16.3. The van der Waals surface area contributed by atoms with E-state index in [0.29, 0.717) is 11.7 Å². The van der Waals surface area contributed by atoms with Crippen molar-refractivity contribution in [3.8, 4) is 5.75 Å². The van der Waals surface area contributed by atoms with Gasteiger partial charge in [-0.1, -0.05) is 24.3 Å². The Kier molecular flexibility index (Phi) is 4.39. The highest BCUT2D eigenvalue weighted by Gasteiger charge is 2.40. The number of H-pyrrole nitrogens is 1. The van der Waals surface area contributed by atoms with E-state index in [1.54, 1.807) is 6.07 Å². The average Bonchev–Trinajstić information content (AvgIpc) is 3.29. The number of aliphatic hydroxyl groups excluding tert-OH is 1. The SMILES string of the molecule is Oc1cccc(Cc2cccc3[nH]c4c(c23)CC2CN(CC3CC3O)CCC2C4)c1. The van der Waals surface area contributed by atoms with Crippen LogP contribution in [-0.4, -0.2) is 45.8 Å². The number of hydrogen-bond acceptors (Lipinski definition) is 3. The Labute approximate surface area is 177 Å². The number of nitrogens with zero attached hydrogens (tertiary/aromatic N) is 1. The minimum absolute atomic E-state index is 0.0470. The summed E-state index contributed by atoms with van der Waals surface area (Å²) < 4.78 is 0. The Morgan fingerprint density at radius 3 is 2.77 bits per heavy atom. The lowest BCUT2D eigenvalue weighted by molar-refractivity contribution is 0.102. The molecular weight excluding hydrogens is 372 g/mol. The zero-order valence-electron chi connectivity index (χ0n) is 17.3. The third-order valence-corrected chi connectivity index (χ3v) is 7.69. The number of nitrogens with one attached hydrogen (secondary N) is 1. The van der Waals surface area contributed by atoms with E-state index in [1.807, 2.05) is 12.1 Å². The third-order valence-electron chi connectivity index (χ3n) is 7.69. The molecule has 1 aliphatic heterocycles. The average molecular weight is 403 g/mol. The van der Waals surface area contributed by atoms with Crippen molar-refractivity contribution in [2.75, 3.05) is 19.6 Å². The van der Waals surface area contributed by atoms with E-state index in [1.165, 1.54) is 53.7 Å². The molecular formula is C26H30N2O2. The van der Waals surface area contributed by atoms with Crippen LogP contribution in [0.5, 0.6) is 5.75 Å². The van der Waals surface area contributed by atoms with Gasteiger partial charge in [0.2, 0.25) is 0 Å². The topological polar surface area (TPSA) is 59.5 Å². The maximum Gasteiger partial charge on any atom is 0.115 e. The van der Waals surface area contributed by atoms with Gasteiger partial charge in [0.1, 0.15) is 5.75 Å². The molecule has 4 unspecified atom stereocenters. The quantitative estimate of drug-likeness (QED) is 0.621. The van der Waals surface area contributed by atoms with Gasteiger partial charge in [-0.3, -0.25) is 0 Å². The van der Waals surface area contributed by atoms with Crippen LogP contribution >= 0.6 is 0 Å². The van der Waals surface area contributed by atoms with Gasteiger partial charge in [-0.15, -0.1) is 0 Å². The molecule has 0 amide bonds. The number of rotatable bonds is 4. The van der Waals surface area contributed by atoms with Crippen LogP contribution in [0.15, 0.2) is 42.5 Å². The number of fused-ring (bicyclic) bond motifs is 4. The van der Waals surface area contributed by atoms with Crippen LogP contribution in [0.25, 0.3) is 10.9 Å². The van der Waals surface area contributed by atoms with E-state index in [2.05, 4.69) is 34.1 Å². The first-order valence-electron chi connectivity index (χ1n) is 11.4. The van der Waals surface area contributed by atoms with Crippen LogP contribution in [0.1, 0.15) is 35.2 Å². The van der Waals surface area contributed by atoms with Crippen molar-refractivity contribution in [2.45, 2.75) is 38.2 Å². The Hall–Kier alpha value is -2.30. The second-order valence-electron chi connectivity index (χ2n) is 9.81. The van der Waals surface area contributed by atoms with Gasteiger partial charge in [0.15, 0.2) is 0 Å². The van der Waals surface area contributed by atoms with Crippen molar-refractivity contribution in [1.82, 2.24) is 9.88 Å². The lowest BCUT2D eigenvalue weighted by Gasteiger charge is -2.41.